The van der Waals surface area contributed by atoms with Crippen LogP contribution in [0.15, 0.2) is 47.3 Å². The third-order valence-corrected chi connectivity index (χ3v) is 3.85. The average molecular weight is 356 g/mol. The molecule has 0 aliphatic heterocycles. The lowest BCUT2D eigenvalue weighted by atomic mass is 10.2. The van der Waals surface area contributed by atoms with E-state index in [1.54, 1.807) is 31.2 Å². The van der Waals surface area contributed by atoms with E-state index in [-0.39, 0.29) is 23.9 Å². The number of carbonyl (C=O) groups is 3. The maximum atomic E-state index is 12.2. The maximum Gasteiger partial charge on any atom is 0.319 e. The summed E-state index contributed by atoms with van der Waals surface area (Å²) in [6, 6.07) is 7.58. The molecule has 0 radical (unpaired) electrons. The van der Waals surface area contributed by atoms with Gasteiger partial charge >= 0.3 is 6.03 Å². The van der Waals surface area contributed by atoms with Crippen molar-refractivity contribution in [2.45, 2.75) is 31.8 Å². The predicted molar refractivity (Wildman–Crippen MR) is 95.9 cm³/mol. The molecule has 4 N–H and O–H groups in total. The third kappa shape index (κ3) is 4.85. The van der Waals surface area contributed by atoms with Crippen LogP contribution in [0.5, 0.6) is 0 Å². The first-order valence-electron chi connectivity index (χ1n) is 8.33. The van der Waals surface area contributed by atoms with Crippen molar-refractivity contribution in [3.8, 4) is 0 Å². The van der Waals surface area contributed by atoms with Gasteiger partial charge in [-0.2, -0.15) is 0 Å². The van der Waals surface area contributed by atoms with Crippen molar-refractivity contribution in [2.24, 2.45) is 0 Å². The molecule has 4 amide bonds. The summed E-state index contributed by atoms with van der Waals surface area (Å²) in [6.07, 6.45) is 4.74. The number of benzene rings is 1. The molecule has 8 heteroatoms. The Morgan fingerprint density at radius 2 is 1.69 bits per heavy atom. The van der Waals surface area contributed by atoms with E-state index in [4.69, 9.17) is 4.42 Å². The molecule has 1 fully saturated rings. The summed E-state index contributed by atoms with van der Waals surface area (Å²) in [5.74, 6) is -0.739. The van der Waals surface area contributed by atoms with E-state index >= 15 is 0 Å². The molecule has 0 bridgehead atoms. The second-order valence-corrected chi connectivity index (χ2v) is 6.15. The van der Waals surface area contributed by atoms with Crippen LogP contribution in [0.2, 0.25) is 0 Å². The molecule has 0 spiro atoms. The zero-order valence-corrected chi connectivity index (χ0v) is 14.2. The van der Waals surface area contributed by atoms with Crippen LogP contribution in [0.1, 0.15) is 30.1 Å². The maximum absolute atomic E-state index is 12.2. The van der Waals surface area contributed by atoms with Gasteiger partial charge in [-0.05, 0) is 50.1 Å². The summed E-state index contributed by atoms with van der Waals surface area (Å²) in [5.41, 5.74) is 1.54. The fourth-order valence-electron chi connectivity index (χ4n) is 2.21. The third-order valence-electron chi connectivity index (χ3n) is 3.85. The Hall–Kier alpha value is -3.29. The van der Waals surface area contributed by atoms with Crippen LogP contribution in [0.4, 0.5) is 16.2 Å². The smallest absolute Gasteiger partial charge is 0.319 e. The van der Waals surface area contributed by atoms with Crippen molar-refractivity contribution in [2.75, 3.05) is 10.6 Å². The summed E-state index contributed by atoms with van der Waals surface area (Å²) in [6.45, 7) is 1.59. The van der Waals surface area contributed by atoms with Gasteiger partial charge in [0.05, 0.1) is 11.8 Å². The number of nitrogens with one attached hydrogen (secondary N) is 4. The Kier molecular flexibility index (Phi) is 5.21. The molecule has 1 aliphatic rings. The molecule has 1 aromatic carbocycles. The van der Waals surface area contributed by atoms with Gasteiger partial charge in [0, 0.05) is 17.4 Å². The first-order chi connectivity index (χ1) is 12.5. The molecule has 1 heterocycles. The SMILES string of the molecule is CC(NC(=O)c1ccoc1)C(=O)Nc1ccc(NC(=O)NC2CC2)cc1. The highest BCUT2D eigenvalue weighted by Gasteiger charge is 2.23. The van der Waals surface area contributed by atoms with E-state index < -0.39 is 6.04 Å². The van der Waals surface area contributed by atoms with Gasteiger partial charge in [-0.25, -0.2) is 4.79 Å². The second kappa shape index (κ2) is 7.73. The van der Waals surface area contributed by atoms with Gasteiger partial charge in [0.1, 0.15) is 12.3 Å². The predicted octanol–water partition coefficient (Wildman–Crippen LogP) is 2.32. The van der Waals surface area contributed by atoms with Gasteiger partial charge in [0.2, 0.25) is 5.91 Å². The van der Waals surface area contributed by atoms with Gasteiger partial charge in [-0.15, -0.1) is 0 Å². The second-order valence-electron chi connectivity index (χ2n) is 6.15. The highest BCUT2D eigenvalue weighted by Crippen LogP contribution is 2.19. The monoisotopic (exact) mass is 356 g/mol. The number of amides is 4. The van der Waals surface area contributed by atoms with Crippen LogP contribution < -0.4 is 21.3 Å². The van der Waals surface area contributed by atoms with Gasteiger partial charge in [-0.3, -0.25) is 9.59 Å². The molecule has 8 nitrogen and oxygen atoms in total. The van der Waals surface area contributed by atoms with E-state index in [1.165, 1.54) is 18.6 Å². The van der Waals surface area contributed by atoms with E-state index in [0.717, 1.165) is 12.8 Å². The van der Waals surface area contributed by atoms with E-state index in [2.05, 4.69) is 21.3 Å². The molecule has 136 valence electrons. The highest BCUT2D eigenvalue weighted by atomic mass is 16.3. The number of anilines is 2. The lowest BCUT2D eigenvalue weighted by Crippen LogP contribution is -2.41. The molecule has 1 aliphatic carbocycles. The molecule has 1 atom stereocenters. The minimum Gasteiger partial charge on any atom is -0.472 e. The molecule has 1 unspecified atom stereocenters. The lowest BCUT2D eigenvalue weighted by Gasteiger charge is -2.14. The van der Waals surface area contributed by atoms with Gasteiger partial charge in [-0.1, -0.05) is 0 Å². The van der Waals surface area contributed by atoms with Gasteiger partial charge < -0.3 is 25.7 Å². The van der Waals surface area contributed by atoms with Crippen molar-refractivity contribution >= 4 is 29.2 Å². The van der Waals surface area contributed by atoms with Crippen LogP contribution >= 0.6 is 0 Å². The number of hydrogen-bond acceptors (Lipinski definition) is 4. The zero-order chi connectivity index (χ0) is 18.5. The first kappa shape index (κ1) is 17.5. The van der Waals surface area contributed by atoms with Gasteiger partial charge in [0.25, 0.3) is 5.91 Å². The Bertz CT molecular complexity index is 782. The van der Waals surface area contributed by atoms with Gasteiger partial charge in [0.15, 0.2) is 0 Å². The Morgan fingerprint density at radius 1 is 1.04 bits per heavy atom. The molecular weight excluding hydrogens is 336 g/mol. The molecule has 1 aromatic heterocycles. The van der Waals surface area contributed by atoms with Crippen molar-refractivity contribution in [3.63, 3.8) is 0 Å². The van der Waals surface area contributed by atoms with Crippen LogP contribution in [0.25, 0.3) is 0 Å². The van der Waals surface area contributed by atoms with E-state index in [1.807, 2.05) is 0 Å². The van der Waals surface area contributed by atoms with Crippen molar-refractivity contribution in [1.29, 1.82) is 0 Å². The Balaban J connectivity index is 1.48. The molecule has 1 saturated carbocycles. The largest absolute Gasteiger partial charge is 0.472 e. The molecule has 3 rings (SSSR count). The van der Waals surface area contributed by atoms with Crippen molar-refractivity contribution in [1.82, 2.24) is 10.6 Å². The fourth-order valence-corrected chi connectivity index (χ4v) is 2.21. The number of urea groups is 1. The summed E-state index contributed by atoms with van der Waals surface area (Å²) < 4.78 is 4.84. The Morgan fingerprint density at radius 3 is 2.27 bits per heavy atom. The minimum atomic E-state index is -0.723. The highest BCUT2D eigenvalue weighted by molar-refractivity contribution is 6.01. The summed E-state index contributed by atoms with van der Waals surface area (Å²) in [4.78, 5) is 35.8. The van der Waals surface area contributed by atoms with Crippen LogP contribution in [-0.4, -0.2) is 29.9 Å². The normalized spacial score (nSPS) is 14.2. The zero-order valence-electron chi connectivity index (χ0n) is 14.2. The molecule has 2 aromatic rings. The van der Waals surface area contributed by atoms with Crippen LogP contribution in [-0.2, 0) is 4.79 Å². The molecule has 0 saturated heterocycles. The number of hydrogen-bond donors (Lipinski definition) is 4. The van der Waals surface area contributed by atoms with E-state index in [0.29, 0.717) is 16.9 Å². The standard InChI is InChI=1S/C18H20N4O4/c1-11(19-17(24)12-8-9-26-10-12)16(23)20-13-2-4-14(5-3-13)21-18(25)22-15-6-7-15/h2-5,8-11,15H,6-7H2,1H3,(H,19,24)(H,20,23)(H2,21,22,25). The van der Waals surface area contributed by atoms with Crippen molar-refractivity contribution < 1.29 is 18.8 Å². The van der Waals surface area contributed by atoms with Crippen LogP contribution in [0.3, 0.4) is 0 Å². The summed E-state index contributed by atoms with van der Waals surface area (Å²) >= 11 is 0. The van der Waals surface area contributed by atoms with Crippen LogP contribution in [0, 0.1) is 0 Å². The van der Waals surface area contributed by atoms with E-state index in [9.17, 15) is 14.4 Å². The summed E-state index contributed by atoms with van der Waals surface area (Å²) in [5, 5.41) is 10.9. The van der Waals surface area contributed by atoms with Crippen molar-refractivity contribution in [3.05, 3.63) is 48.4 Å². The number of furan rings is 1. The molecular formula is C18H20N4O4. The number of rotatable bonds is 6. The minimum absolute atomic E-state index is 0.236. The average Bonchev–Trinajstić information content (AvgIpc) is 3.24. The lowest BCUT2D eigenvalue weighted by molar-refractivity contribution is -0.117. The topological polar surface area (TPSA) is 112 Å². The Labute approximate surface area is 150 Å². The summed E-state index contributed by atoms with van der Waals surface area (Å²) in [7, 11) is 0. The first-order valence-corrected chi connectivity index (χ1v) is 8.33. The fraction of sp³-hybridized carbons (Fsp3) is 0.278. The molecule has 26 heavy (non-hydrogen) atoms. The number of carbonyl (C=O) groups excluding carboxylic acids is 3. The quantitative estimate of drug-likeness (QED) is 0.636.